The van der Waals surface area contributed by atoms with Crippen molar-refractivity contribution in [1.82, 2.24) is 5.32 Å². The van der Waals surface area contributed by atoms with E-state index < -0.39 is 9.84 Å². The van der Waals surface area contributed by atoms with Crippen molar-refractivity contribution in [2.24, 2.45) is 5.92 Å². The molecule has 1 fully saturated rings. The lowest BCUT2D eigenvalue weighted by molar-refractivity contribution is 0.353. The van der Waals surface area contributed by atoms with Crippen molar-refractivity contribution in [3.8, 4) is 0 Å². The first-order valence-electron chi connectivity index (χ1n) is 4.91. The molecule has 1 saturated heterocycles. The summed E-state index contributed by atoms with van der Waals surface area (Å²) in [5.41, 5.74) is 0. The zero-order valence-corrected chi connectivity index (χ0v) is 9.39. The second-order valence-corrected chi connectivity index (χ2v) is 6.29. The Morgan fingerprint density at radius 1 is 1.46 bits per heavy atom. The highest BCUT2D eigenvalue weighted by Crippen LogP contribution is 2.15. The number of rotatable bonds is 2. The molecule has 0 saturated carbocycles. The standard InChI is InChI=1S/C9H19NO2S/c1-4-7(2)9-6-13(11,12)5-8(3)10-9/h7-10H,4-6H2,1-3H3. The monoisotopic (exact) mass is 205 g/mol. The smallest absolute Gasteiger partial charge is 0.153 e. The van der Waals surface area contributed by atoms with Gasteiger partial charge in [-0.05, 0) is 12.8 Å². The second kappa shape index (κ2) is 3.96. The maximum Gasteiger partial charge on any atom is 0.153 e. The molecular weight excluding hydrogens is 186 g/mol. The molecule has 1 aliphatic rings. The lowest BCUT2D eigenvalue weighted by Gasteiger charge is -2.32. The van der Waals surface area contributed by atoms with Gasteiger partial charge in [0.1, 0.15) is 0 Å². The van der Waals surface area contributed by atoms with Crippen LogP contribution in [-0.2, 0) is 9.84 Å². The third kappa shape index (κ3) is 2.95. The van der Waals surface area contributed by atoms with Gasteiger partial charge in [0, 0.05) is 12.1 Å². The first-order chi connectivity index (χ1) is 5.94. The number of hydrogen-bond donors (Lipinski definition) is 1. The quantitative estimate of drug-likeness (QED) is 0.725. The van der Waals surface area contributed by atoms with Gasteiger partial charge in [0.15, 0.2) is 9.84 Å². The summed E-state index contributed by atoms with van der Waals surface area (Å²) in [6.07, 6.45) is 1.03. The third-order valence-electron chi connectivity index (χ3n) is 2.77. The van der Waals surface area contributed by atoms with Crippen LogP contribution < -0.4 is 5.32 Å². The minimum atomic E-state index is -2.80. The van der Waals surface area contributed by atoms with Gasteiger partial charge in [0.2, 0.25) is 0 Å². The summed E-state index contributed by atoms with van der Waals surface area (Å²) in [6, 6.07) is 0.261. The first-order valence-corrected chi connectivity index (χ1v) is 6.73. The van der Waals surface area contributed by atoms with Crippen LogP contribution in [0.3, 0.4) is 0 Å². The largest absolute Gasteiger partial charge is 0.309 e. The normalized spacial score (nSPS) is 35.6. The Bertz CT molecular complexity index is 261. The SMILES string of the molecule is CCC(C)C1CS(=O)(=O)CC(C)N1. The Balaban J connectivity index is 2.68. The van der Waals surface area contributed by atoms with Crippen LogP contribution in [-0.4, -0.2) is 32.0 Å². The van der Waals surface area contributed by atoms with E-state index in [1.165, 1.54) is 0 Å². The lowest BCUT2D eigenvalue weighted by Crippen LogP contribution is -2.53. The average molecular weight is 205 g/mol. The molecule has 0 bridgehead atoms. The summed E-state index contributed by atoms with van der Waals surface area (Å²) in [5.74, 6) is 1.05. The van der Waals surface area contributed by atoms with Gasteiger partial charge in [0.05, 0.1) is 11.5 Å². The highest BCUT2D eigenvalue weighted by atomic mass is 32.2. The molecule has 0 spiro atoms. The third-order valence-corrected chi connectivity index (χ3v) is 4.64. The lowest BCUT2D eigenvalue weighted by atomic mass is 10.00. The van der Waals surface area contributed by atoms with Crippen molar-refractivity contribution >= 4 is 9.84 Å². The molecule has 1 rings (SSSR count). The predicted molar refractivity (Wildman–Crippen MR) is 54.5 cm³/mol. The molecular formula is C9H19NO2S. The van der Waals surface area contributed by atoms with Crippen molar-refractivity contribution < 1.29 is 8.42 Å². The van der Waals surface area contributed by atoms with Crippen LogP contribution in [0.25, 0.3) is 0 Å². The van der Waals surface area contributed by atoms with E-state index in [2.05, 4.69) is 19.2 Å². The van der Waals surface area contributed by atoms with Crippen molar-refractivity contribution in [3.63, 3.8) is 0 Å². The van der Waals surface area contributed by atoms with Crippen molar-refractivity contribution in [1.29, 1.82) is 0 Å². The number of nitrogens with one attached hydrogen (secondary N) is 1. The number of sulfone groups is 1. The zero-order valence-electron chi connectivity index (χ0n) is 8.58. The molecule has 0 aliphatic carbocycles. The number of hydrogen-bond acceptors (Lipinski definition) is 3. The minimum absolute atomic E-state index is 0.109. The summed E-state index contributed by atoms with van der Waals surface area (Å²) >= 11 is 0. The van der Waals surface area contributed by atoms with Crippen LogP contribution >= 0.6 is 0 Å². The van der Waals surface area contributed by atoms with Crippen LogP contribution in [0.1, 0.15) is 27.2 Å². The zero-order chi connectivity index (χ0) is 10.1. The summed E-state index contributed by atoms with van der Waals surface area (Å²) < 4.78 is 22.9. The summed E-state index contributed by atoms with van der Waals surface area (Å²) in [7, 11) is -2.80. The maximum atomic E-state index is 11.5. The van der Waals surface area contributed by atoms with E-state index in [0.29, 0.717) is 17.4 Å². The first kappa shape index (κ1) is 11.0. The molecule has 0 radical (unpaired) electrons. The molecule has 13 heavy (non-hydrogen) atoms. The van der Waals surface area contributed by atoms with Crippen molar-refractivity contribution in [2.45, 2.75) is 39.3 Å². The predicted octanol–water partition coefficient (Wildman–Crippen LogP) is 0.808. The average Bonchev–Trinajstić information content (AvgIpc) is 1.99. The maximum absolute atomic E-state index is 11.5. The van der Waals surface area contributed by atoms with Crippen LogP contribution in [0.4, 0.5) is 0 Å². The molecule has 0 aromatic carbocycles. The van der Waals surface area contributed by atoms with Crippen LogP contribution in [0.5, 0.6) is 0 Å². The van der Waals surface area contributed by atoms with Gasteiger partial charge >= 0.3 is 0 Å². The van der Waals surface area contributed by atoms with Crippen LogP contribution in [0.15, 0.2) is 0 Å². The Labute approximate surface area is 80.8 Å². The molecule has 3 unspecified atom stereocenters. The molecule has 0 amide bonds. The van der Waals surface area contributed by atoms with Crippen LogP contribution in [0.2, 0.25) is 0 Å². The van der Waals surface area contributed by atoms with Gasteiger partial charge in [-0.2, -0.15) is 0 Å². The molecule has 1 aliphatic heterocycles. The Morgan fingerprint density at radius 2 is 2.08 bits per heavy atom. The van der Waals surface area contributed by atoms with Gasteiger partial charge in [-0.1, -0.05) is 20.3 Å². The van der Waals surface area contributed by atoms with E-state index >= 15 is 0 Å². The molecule has 3 atom stereocenters. The molecule has 78 valence electrons. The Hall–Kier alpha value is -0.0900. The summed E-state index contributed by atoms with van der Waals surface area (Å²) in [5, 5.41) is 3.34. The van der Waals surface area contributed by atoms with E-state index in [1.54, 1.807) is 0 Å². The van der Waals surface area contributed by atoms with Gasteiger partial charge in [-0.15, -0.1) is 0 Å². The molecule has 0 aromatic heterocycles. The highest BCUT2D eigenvalue weighted by Gasteiger charge is 2.31. The van der Waals surface area contributed by atoms with Crippen molar-refractivity contribution in [3.05, 3.63) is 0 Å². The fourth-order valence-electron chi connectivity index (χ4n) is 1.80. The van der Waals surface area contributed by atoms with Gasteiger partial charge in [0.25, 0.3) is 0 Å². The Morgan fingerprint density at radius 3 is 2.54 bits per heavy atom. The van der Waals surface area contributed by atoms with Gasteiger partial charge in [-0.25, -0.2) is 8.42 Å². The van der Waals surface area contributed by atoms with E-state index in [-0.39, 0.29) is 12.1 Å². The van der Waals surface area contributed by atoms with Gasteiger partial charge < -0.3 is 5.32 Å². The summed E-state index contributed by atoms with van der Waals surface area (Å²) in [4.78, 5) is 0. The highest BCUT2D eigenvalue weighted by molar-refractivity contribution is 7.91. The van der Waals surface area contributed by atoms with E-state index in [0.717, 1.165) is 6.42 Å². The fraction of sp³-hybridized carbons (Fsp3) is 1.00. The Kier molecular flexibility index (Phi) is 3.35. The molecule has 0 aromatic rings. The van der Waals surface area contributed by atoms with Gasteiger partial charge in [-0.3, -0.25) is 0 Å². The van der Waals surface area contributed by atoms with Crippen LogP contribution in [0, 0.1) is 5.92 Å². The van der Waals surface area contributed by atoms with Crippen molar-refractivity contribution in [2.75, 3.05) is 11.5 Å². The van der Waals surface area contributed by atoms with E-state index in [4.69, 9.17) is 0 Å². The molecule has 1 heterocycles. The van der Waals surface area contributed by atoms with E-state index in [1.807, 2.05) is 6.92 Å². The molecule has 4 heteroatoms. The fourth-order valence-corrected chi connectivity index (χ4v) is 3.76. The topological polar surface area (TPSA) is 46.2 Å². The second-order valence-electron chi connectivity index (χ2n) is 4.14. The molecule has 3 nitrogen and oxygen atoms in total. The minimum Gasteiger partial charge on any atom is -0.309 e. The van der Waals surface area contributed by atoms with E-state index in [9.17, 15) is 8.42 Å². The molecule has 1 N–H and O–H groups in total. The summed E-state index contributed by atoms with van der Waals surface area (Å²) in [6.45, 7) is 6.13.